The fourth-order valence-electron chi connectivity index (χ4n) is 2.69. The Morgan fingerprint density at radius 1 is 1.32 bits per heavy atom. The fourth-order valence-corrected chi connectivity index (χ4v) is 2.69. The van der Waals surface area contributed by atoms with Crippen molar-refractivity contribution in [3.8, 4) is 6.07 Å². The number of carbonyl (C=O) groups excluding carboxylic acids is 1. The minimum absolute atomic E-state index is 0.138. The average Bonchev–Trinajstić information content (AvgIpc) is 3.16. The number of amides is 1. The highest BCUT2D eigenvalue weighted by Gasteiger charge is 2.23. The molecule has 1 saturated heterocycles. The molecule has 2 aromatic carbocycles. The summed E-state index contributed by atoms with van der Waals surface area (Å²) in [4.78, 5) is 12.1. The second-order valence-electron chi connectivity index (χ2n) is 5.85. The standard InChI is InChI=1S/C19H18FN3O2/c20-16-10-13(11-21)6-7-17(16)22-12-14-3-1-4-15(9-14)23-19(24)18-5-2-8-25-18/h1,3-4,6-7,9-10,18,22H,2,5,8,12H2,(H,23,24)/t18-/m1/s1. The highest BCUT2D eigenvalue weighted by Crippen LogP contribution is 2.19. The van der Waals surface area contributed by atoms with Gasteiger partial charge < -0.3 is 15.4 Å². The molecule has 0 aliphatic carbocycles. The first-order valence-electron chi connectivity index (χ1n) is 8.10. The molecular weight excluding hydrogens is 321 g/mol. The monoisotopic (exact) mass is 339 g/mol. The number of nitrogens with one attached hydrogen (secondary N) is 2. The number of anilines is 2. The lowest BCUT2D eigenvalue weighted by atomic mass is 10.1. The predicted octanol–water partition coefficient (Wildman–Crippen LogP) is 3.43. The van der Waals surface area contributed by atoms with Gasteiger partial charge in [0.25, 0.3) is 5.91 Å². The summed E-state index contributed by atoms with van der Waals surface area (Å²) in [6.07, 6.45) is 1.26. The molecule has 0 radical (unpaired) electrons. The van der Waals surface area contributed by atoms with Crippen molar-refractivity contribution in [1.29, 1.82) is 5.26 Å². The van der Waals surface area contributed by atoms with Crippen LogP contribution < -0.4 is 10.6 Å². The van der Waals surface area contributed by atoms with Crippen molar-refractivity contribution >= 4 is 17.3 Å². The van der Waals surface area contributed by atoms with E-state index >= 15 is 0 Å². The molecule has 0 bridgehead atoms. The smallest absolute Gasteiger partial charge is 0.253 e. The minimum Gasteiger partial charge on any atom is -0.379 e. The molecule has 0 saturated carbocycles. The van der Waals surface area contributed by atoms with E-state index in [4.69, 9.17) is 10.00 Å². The Morgan fingerprint density at radius 2 is 2.20 bits per heavy atom. The molecule has 25 heavy (non-hydrogen) atoms. The van der Waals surface area contributed by atoms with Crippen molar-refractivity contribution in [1.82, 2.24) is 0 Å². The van der Waals surface area contributed by atoms with Gasteiger partial charge in [0, 0.05) is 18.8 Å². The van der Waals surface area contributed by atoms with Crippen LogP contribution in [0.25, 0.3) is 0 Å². The molecule has 1 aliphatic heterocycles. The van der Waals surface area contributed by atoms with E-state index in [1.165, 1.54) is 12.1 Å². The van der Waals surface area contributed by atoms with Gasteiger partial charge in [-0.3, -0.25) is 4.79 Å². The maximum absolute atomic E-state index is 13.9. The maximum Gasteiger partial charge on any atom is 0.253 e. The van der Waals surface area contributed by atoms with Gasteiger partial charge in [0.15, 0.2) is 0 Å². The summed E-state index contributed by atoms with van der Waals surface area (Å²) < 4.78 is 19.2. The van der Waals surface area contributed by atoms with Gasteiger partial charge in [-0.15, -0.1) is 0 Å². The van der Waals surface area contributed by atoms with Crippen molar-refractivity contribution in [3.05, 3.63) is 59.4 Å². The zero-order chi connectivity index (χ0) is 17.6. The van der Waals surface area contributed by atoms with Gasteiger partial charge >= 0.3 is 0 Å². The van der Waals surface area contributed by atoms with E-state index in [9.17, 15) is 9.18 Å². The lowest BCUT2D eigenvalue weighted by Gasteiger charge is -2.12. The van der Waals surface area contributed by atoms with Crippen molar-refractivity contribution in [3.63, 3.8) is 0 Å². The number of nitriles is 1. The second kappa shape index (κ2) is 7.77. The first-order valence-corrected chi connectivity index (χ1v) is 8.10. The zero-order valence-electron chi connectivity index (χ0n) is 13.6. The summed E-state index contributed by atoms with van der Waals surface area (Å²) in [5.74, 6) is -0.609. The van der Waals surface area contributed by atoms with Crippen LogP contribution >= 0.6 is 0 Å². The van der Waals surface area contributed by atoms with Crippen LogP contribution in [-0.2, 0) is 16.1 Å². The fraction of sp³-hybridized carbons (Fsp3) is 0.263. The molecule has 1 fully saturated rings. The third kappa shape index (κ3) is 4.34. The molecule has 128 valence electrons. The average molecular weight is 339 g/mol. The topological polar surface area (TPSA) is 74.2 Å². The summed E-state index contributed by atoms with van der Waals surface area (Å²) in [5, 5.41) is 14.6. The highest BCUT2D eigenvalue weighted by atomic mass is 19.1. The summed E-state index contributed by atoms with van der Waals surface area (Å²) >= 11 is 0. The summed E-state index contributed by atoms with van der Waals surface area (Å²) in [5.41, 5.74) is 2.18. The Bertz CT molecular complexity index is 811. The first kappa shape index (κ1) is 16.9. The van der Waals surface area contributed by atoms with Crippen LogP contribution in [-0.4, -0.2) is 18.6 Å². The summed E-state index contributed by atoms with van der Waals surface area (Å²) in [7, 11) is 0. The van der Waals surface area contributed by atoms with Gasteiger partial charge in [-0.05, 0) is 48.7 Å². The van der Waals surface area contributed by atoms with Crippen LogP contribution in [0.15, 0.2) is 42.5 Å². The van der Waals surface area contributed by atoms with E-state index in [0.717, 1.165) is 18.4 Å². The van der Waals surface area contributed by atoms with Crippen LogP contribution in [0.1, 0.15) is 24.0 Å². The van der Waals surface area contributed by atoms with E-state index in [2.05, 4.69) is 10.6 Å². The Hall–Kier alpha value is -2.91. The molecule has 1 aliphatic rings. The molecule has 0 aromatic heterocycles. The van der Waals surface area contributed by atoms with Crippen LogP contribution in [0.5, 0.6) is 0 Å². The number of nitrogens with zero attached hydrogens (tertiary/aromatic N) is 1. The van der Waals surface area contributed by atoms with E-state index in [0.29, 0.717) is 24.5 Å². The Labute approximate surface area is 145 Å². The summed E-state index contributed by atoms with van der Waals surface area (Å²) in [6.45, 7) is 1.02. The molecule has 1 amide bonds. The van der Waals surface area contributed by atoms with Gasteiger partial charge in [-0.1, -0.05) is 12.1 Å². The molecule has 3 rings (SSSR count). The molecule has 5 nitrogen and oxygen atoms in total. The number of halogens is 1. The zero-order valence-corrected chi connectivity index (χ0v) is 13.6. The minimum atomic E-state index is -0.470. The quantitative estimate of drug-likeness (QED) is 0.875. The van der Waals surface area contributed by atoms with Gasteiger partial charge in [0.2, 0.25) is 0 Å². The largest absolute Gasteiger partial charge is 0.379 e. The van der Waals surface area contributed by atoms with Gasteiger partial charge in [-0.25, -0.2) is 4.39 Å². The van der Waals surface area contributed by atoms with E-state index in [1.54, 1.807) is 12.1 Å². The second-order valence-corrected chi connectivity index (χ2v) is 5.85. The lowest BCUT2D eigenvalue weighted by Crippen LogP contribution is -2.26. The first-order chi connectivity index (χ1) is 12.2. The molecule has 6 heteroatoms. The molecule has 2 N–H and O–H groups in total. The Morgan fingerprint density at radius 3 is 2.92 bits per heavy atom. The normalized spacial score (nSPS) is 16.2. The number of ether oxygens (including phenoxy) is 1. The molecule has 0 spiro atoms. The molecule has 0 unspecified atom stereocenters. The van der Waals surface area contributed by atoms with Crippen molar-refractivity contribution in [2.75, 3.05) is 17.2 Å². The molecule has 1 heterocycles. The van der Waals surface area contributed by atoms with E-state index in [-0.39, 0.29) is 17.6 Å². The SMILES string of the molecule is N#Cc1ccc(NCc2cccc(NC(=O)[C@H]3CCCO3)c2)c(F)c1. The number of carbonyl (C=O) groups is 1. The number of hydrogen-bond acceptors (Lipinski definition) is 4. The van der Waals surface area contributed by atoms with Gasteiger partial charge in [0.05, 0.1) is 17.3 Å². The highest BCUT2D eigenvalue weighted by molar-refractivity contribution is 5.94. The third-order valence-corrected chi connectivity index (χ3v) is 4.00. The van der Waals surface area contributed by atoms with Crippen molar-refractivity contribution in [2.24, 2.45) is 0 Å². The van der Waals surface area contributed by atoms with Crippen LogP contribution in [0, 0.1) is 17.1 Å². The van der Waals surface area contributed by atoms with Crippen LogP contribution in [0.4, 0.5) is 15.8 Å². The predicted molar refractivity (Wildman–Crippen MR) is 92.5 cm³/mol. The molecular formula is C19H18FN3O2. The van der Waals surface area contributed by atoms with E-state index < -0.39 is 5.82 Å². The third-order valence-electron chi connectivity index (χ3n) is 4.00. The lowest BCUT2D eigenvalue weighted by molar-refractivity contribution is -0.124. The number of hydrogen-bond donors (Lipinski definition) is 2. The number of benzene rings is 2. The Kier molecular flexibility index (Phi) is 5.26. The molecule has 1 atom stereocenters. The van der Waals surface area contributed by atoms with E-state index in [1.807, 2.05) is 24.3 Å². The van der Waals surface area contributed by atoms with Crippen LogP contribution in [0.2, 0.25) is 0 Å². The van der Waals surface area contributed by atoms with Crippen molar-refractivity contribution < 1.29 is 13.9 Å². The van der Waals surface area contributed by atoms with Crippen LogP contribution in [0.3, 0.4) is 0 Å². The van der Waals surface area contributed by atoms with Gasteiger partial charge in [0.1, 0.15) is 11.9 Å². The molecule has 2 aromatic rings. The number of rotatable bonds is 5. The van der Waals surface area contributed by atoms with Gasteiger partial charge in [-0.2, -0.15) is 5.26 Å². The maximum atomic E-state index is 13.9. The summed E-state index contributed by atoms with van der Waals surface area (Å²) in [6, 6.07) is 13.5. The Balaban J connectivity index is 1.62. The van der Waals surface area contributed by atoms with Crippen molar-refractivity contribution in [2.45, 2.75) is 25.5 Å².